The Hall–Kier alpha value is -1.00. The number of rotatable bonds is 3. The summed E-state index contributed by atoms with van der Waals surface area (Å²) in [5.41, 5.74) is 0. The highest BCUT2D eigenvalue weighted by Gasteiger charge is 2.24. The Morgan fingerprint density at radius 2 is 1.78 bits per heavy atom. The van der Waals surface area contributed by atoms with Crippen LogP contribution in [0.15, 0.2) is 35.2 Å². The number of benzene rings is 1. The van der Waals surface area contributed by atoms with Crippen molar-refractivity contribution < 1.29 is 4.79 Å². The first kappa shape index (κ1) is 13.4. The molecule has 98 valence electrons. The average Bonchev–Trinajstić information content (AvgIpc) is 2.40. The molecule has 3 nitrogen and oxygen atoms in total. The van der Waals surface area contributed by atoms with Crippen LogP contribution in [0.5, 0.6) is 0 Å². The third-order valence-electron chi connectivity index (χ3n) is 3.22. The minimum atomic E-state index is -0.00388. The van der Waals surface area contributed by atoms with Gasteiger partial charge in [0.15, 0.2) is 0 Å². The summed E-state index contributed by atoms with van der Waals surface area (Å²) in [6.07, 6.45) is 0. The van der Waals surface area contributed by atoms with Crippen LogP contribution in [0.3, 0.4) is 0 Å². The van der Waals surface area contributed by atoms with Gasteiger partial charge < -0.3 is 9.80 Å². The second-order valence-electron chi connectivity index (χ2n) is 4.70. The summed E-state index contributed by atoms with van der Waals surface area (Å²) in [4.78, 5) is 17.7. The molecule has 0 aromatic heterocycles. The number of likely N-dealkylation sites (N-methyl/N-ethyl adjacent to an activating group) is 1. The number of amides is 1. The van der Waals surface area contributed by atoms with E-state index in [0.717, 1.165) is 31.1 Å². The topological polar surface area (TPSA) is 23.6 Å². The van der Waals surface area contributed by atoms with Crippen molar-refractivity contribution in [1.29, 1.82) is 0 Å². The number of carbonyl (C=O) groups is 1. The number of piperazine rings is 1. The molecule has 1 fully saturated rings. The third kappa shape index (κ3) is 3.50. The molecular formula is C14H20N2OS. The van der Waals surface area contributed by atoms with E-state index in [-0.39, 0.29) is 11.2 Å². The fourth-order valence-corrected chi connectivity index (χ4v) is 3.01. The van der Waals surface area contributed by atoms with Crippen molar-refractivity contribution in [3.63, 3.8) is 0 Å². The quantitative estimate of drug-likeness (QED) is 0.780. The maximum absolute atomic E-state index is 12.3. The molecule has 1 unspecified atom stereocenters. The first-order valence-electron chi connectivity index (χ1n) is 6.36. The Labute approximate surface area is 113 Å². The summed E-state index contributed by atoms with van der Waals surface area (Å²) in [6, 6.07) is 10.1. The lowest BCUT2D eigenvalue weighted by atomic mass is 10.3. The molecule has 4 heteroatoms. The monoisotopic (exact) mass is 264 g/mol. The molecule has 1 heterocycles. The van der Waals surface area contributed by atoms with Crippen molar-refractivity contribution in [2.24, 2.45) is 0 Å². The minimum Gasteiger partial charge on any atom is -0.339 e. The molecule has 1 aromatic carbocycles. The van der Waals surface area contributed by atoms with Gasteiger partial charge in [-0.05, 0) is 26.1 Å². The number of nitrogens with zero attached hydrogens (tertiary/aromatic N) is 2. The lowest BCUT2D eigenvalue weighted by Gasteiger charge is -2.33. The smallest absolute Gasteiger partial charge is 0.235 e. The molecule has 0 spiro atoms. The van der Waals surface area contributed by atoms with Crippen LogP contribution in [0.2, 0.25) is 0 Å². The number of hydrogen-bond donors (Lipinski definition) is 0. The zero-order chi connectivity index (χ0) is 13.0. The van der Waals surface area contributed by atoms with E-state index in [9.17, 15) is 4.79 Å². The van der Waals surface area contributed by atoms with Crippen LogP contribution in [0.25, 0.3) is 0 Å². The second kappa shape index (κ2) is 6.25. The van der Waals surface area contributed by atoms with Gasteiger partial charge in [-0.3, -0.25) is 4.79 Å². The maximum atomic E-state index is 12.3. The normalized spacial score (nSPS) is 18.7. The van der Waals surface area contributed by atoms with Crippen LogP contribution < -0.4 is 0 Å². The van der Waals surface area contributed by atoms with Crippen molar-refractivity contribution in [3.8, 4) is 0 Å². The van der Waals surface area contributed by atoms with Crippen LogP contribution in [0.4, 0.5) is 0 Å². The molecule has 1 atom stereocenters. The van der Waals surface area contributed by atoms with Crippen LogP contribution in [0.1, 0.15) is 6.92 Å². The maximum Gasteiger partial charge on any atom is 0.235 e. The van der Waals surface area contributed by atoms with E-state index in [4.69, 9.17) is 0 Å². The number of hydrogen-bond acceptors (Lipinski definition) is 3. The Bertz CT molecular complexity index is 388. The van der Waals surface area contributed by atoms with E-state index in [0.29, 0.717) is 0 Å². The Morgan fingerprint density at radius 3 is 2.39 bits per heavy atom. The first-order chi connectivity index (χ1) is 8.66. The first-order valence-corrected chi connectivity index (χ1v) is 7.24. The third-order valence-corrected chi connectivity index (χ3v) is 4.32. The highest BCUT2D eigenvalue weighted by molar-refractivity contribution is 8.00. The van der Waals surface area contributed by atoms with Crippen LogP contribution in [-0.2, 0) is 4.79 Å². The van der Waals surface area contributed by atoms with Gasteiger partial charge >= 0.3 is 0 Å². The predicted octanol–water partition coefficient (Wildman–Crippen LogP) is 1.94. The molecular weight excluding hydrogens is 244 g/mol. The Kier molecular flexibility index (Phi) is 4.66. The van der Waals surface area contributed by atoms with Crippen molar-refractivity contribution in [2.45, 2.75) is 17.1 Å². The summed E-state index contributed by atoms with van der Waals surface area (Å²) in [5, 5.41) is -0.00388. The Morgan fingerprint density at radius 1 is 1.17 bits per heavy atom. The molecule has 1 aliphatic heterocycles. The van der Waals surface area contributed by atoms with Crippen molar-refractivity contribution >= 4 is 17.7 Å². The van der Waals surface area contributed by atoms with E-state index >= 15 is 0 Å². The van der Waals surface area contributed by atoms with Gasteiger partial charge in [0.2, 0.25) is 5.91 Å². The van der Waals surface area contributed by atoms with Gasteiger partial charge in [0.1, 0.15) is 0 Å². The van der Waals surface area contributed by atoms with Gasteiger partial charge in [-0.2, -0.15) is 0 Å². The van der Waals surface area contributed by atoms with E-state index in [1.54, 1.807) is 11.8 Å². The van der Waals surface area contributed by atoms with E-state index < -0.39 is 0 Å². The fraction of sp³-hybridized carbons (Fsp3) is 0.500. The molecule has 1 aliphatic rings. The van der Waals surface area contributed by atoms with Gasteiger partial charge in [-0.15, -0.1) is 11.8 Å². The summed E-state index contributed by atoms with van der Waals surface area (Å²) in [6.45, 7) is 5.67. The van der Waals surface area contributed by atoms with Gasteiger partial charge in [0, 0.05) is 31.1 Å². The van der Waals surface area contributed by atoms with Gasteiger partial charge in [0.25, 0.3) is 0 Å². The largest absolute Gasteiger partial charge is 0.339 e. The molecule has 0 aliphatic carbocycles. The molecule has 1 amide bonds. The zero-order valence-electron chi connectivity index (χ0n) is 11.0. The lowest BCUT2D eigenvalue weighted by Crippen LogP contribution is -2.49. The highest BCUT2D eigenvalue weighted by atomic mass is 32.2. The van der Waals surface area contributed by atoms with Crippen LogP contribution >= 0.6 is 11.8 Å². The molecule has 1 saturated heterocycles. The van der Waals surface area contributed by atoms with E-state index in [2.05, 4.69) is 24.1 Å². The van der Waals surface area contributed by atoms with Crippen LogP contribution in [0, 0.1) is 0 Å². The molecule has 18 heavy (non-hydrogen) atoms. The van der Waals surface area contributed by atoms with Crippen molar-refractivity contribution in [3.05, 3.63) is 30.3 Å². The summed E-state index contributed by atoms with van der Waals surface area (Å²) >= 11 is 1.64. The van der Waals surface area contributed by atoms with Crippen LogP contribution in [-0.4, -0.2) is 54.2 Å². The molecule has 0 bridgehead atoms. The lowest BCUT2D eigenvalue weighted by molar-refractivity contribution is -0.131. The standard InChI is InChI=1S/C14H20N2OS/c1-12(18-13-6-4-3-5-7-13)14(17)16-10-8-15(2)9-11-16/h3-7,12H,8-11H2,1-2H3. The number of thioether (sulfide) groups is 1. The summed E-state index contributed by atoms with van der Waals surface area (Å²) < 4.78 is 0. The summed E-state index contributed by atoms with van der Waals surface area (Å²) in [5.74, 6) is 0.261. The van der Waals surface area contributed by atoms with E-state index in [1.165, 1.54) is 0 Å². The molecule has 0 saturated carbocycles. The van der Waals surface area contributed by atoms with Crippen molar-refractivity contribution in [2.75, 3.05) is 33.2 Å². The van der Waals surface area contributed by atoms with Crippen molar-refractivity contribution in [1.82, 2.24) is 9.80 Å². The summed E-state index contributed by atoms with van der Waals surface area (Å²) in [7, 11) is 2.10. The molecule has 2 rings (SSSR count). The zero-order valence-corrected chi connectivity index (χ0v) is 11.8. The highest BCUT2D eigenvalue weighted by Crippen LogP contribution is 2.24. The molecule has 1 aromatic rings. The Balaban J connectivity index is 1.89. The van der Waals surface area contributed by atoms with E-state index in [1.807, 2.05) is 30.0 Å². The second-order valence-corrected chi connectivity index (χ2v) is 6.12. The SMILES string of the molecule is CC(Sc1ccccc1)C(=O)N1CCN(C)CC1. The average molecular weight is 264 g/mol. The molecule has 0 radical (unpaired) electrons. The number of carbonyl (C=O) groups excluding carboxylic acids is 1. The fourth-order valence-electron chi connectivity index (χ4n) is 2.04. The van der Waals surface area contributed by atoms with Gasteiger partial charge in [-0.25, -0.2) is 0 Å². The van der Waals surface area contributed by atoms with Gasteiger partial charge in [0.05, 0.1) is 5.25 Å². The molecule has 0 N–H and O–H groups in total. The minimum absolute atomic E-state index is 0.00388. The predicted molar refractivity (Wildman–Crippen MR) is 75.8 cm³/mol. The van der Waals surface area contributed by atoms with Gasteiger partial charge in [-0.1, -0.05) is 18.2 Å².